The Morgan fingerprint density at radius 3 is 2.00 bits per heavy atom. The van der Waals surface area contributed by atoms with Crippen LogP contribution in [0.5, 0.6) is 0 Å². The molecule has 2 aromatic rings. The Balaban J connectivity index is 1.20. The van der Waals surface area contributed by atoms with Gasteiger partial charge >= 0.3 is 0 Å². The minimum atomic E-state index is -0.101. The summed E-state index contributed by atoms with van der Waals surface area (Å²) in [4.78, 5) is 17.8. The minimum absolute atomic E-state index is 0.101. The van der Waals surface area contributed by atoms with E-state index in [9.17, 15) is 4.79 Å². The molecular formula is C27H37N3O2. The van der Waals surface area contributed by atoms with Crippen LogP contribution in [0.4, 0.5) is 0 Å². The van der Waals surface area contributed by atoms with Gasteiger partial charge in [-0.15, -0.1) is 0 Å². The van der Waals surface area contributed by atoms with Gasteiger partial charge in [-0.3, -0.25) is 9.69 Å². The van der Waals surface area contributed by atoms with E-state index in [-0.39, 0.29) is 11.9 Å². The van der Waals surface area contributed by atoms with Crippen LogP contribution in [-0.2, 0) is 9.53 Å². The SMILES string of the molecule is O=C(CCN1CCC(CCN2CCOCC2)CC1)NC(c1ccccc1)c1ccccc1. The highest BCUT2D eigenvalue weighted by Gasteiger charge is 2.22. The second-order valence-electron chi connectivity index (χ2n) is 9.10. The molecule has 2 saturated heterocycles. The second-order valence-corrected chi connectivity index (χ2v) is 9.10. The van der Waals surface area contributed by atoms with E-state index in [2.05, 4.69) is 39.4 Å². The molecule has 2 aliphatic rings. The molecule has 1 N–H and O–H groups in total. The van der Waals surface area contributed by atoms with Crippen molar-refractivity contribution in [1.82, 2.24) is 15.1 Å². The molecule has 5 heteroatoms. The molecule has 0 aromatic heterocycles. The number of piperidine rings is 1. The molecule has 0 spiro atoms. The summed E-state index contributed by atoms with van der Waals surface area (Å²) in [6, 6.07) is 20.4. The van der Waals surface area contributed by atoms with E-state index in [1.807, 2.05) is 36.4 Å². The number of rotatable bonds is 9. The predicted octanol–water partition coefficient (Wildman–Crippen LogP) is 3.72. The standard InChI is InChI=1S/C27H37N3O2/c31-26(28-27(24-7-3-1-4-8-24)25-9-5-2-6-10-25)14-18-29-15-11-23(12-16-29)13-17-30-19-21-32-22-20-30/h1-10,23,27H,11-22H2,(H,28,31). The van der Waals surface area contributed by atoms with Crippen molar-refractivity contribution in [2.24, 2.45) is 5.92 Å². The maximum atomic E-state index is 12.8. The number of hydrogen-bond acceptors (Lipinski definition) is 4. The van der Waals surface area contributed by atoms with Crippen LogP contribution in [0.15, 0.2) is 60.7 Å². The van der Waals surface area contributed by atoms with E-state index >= 15 is 0 Å². The first-order valence-corrected chi connectivity index (χ1v) is 12.2. The molecular weight excluding hydrogens is 398 g/mol. The van der Waals surface area contributed by atoms with Gasteiger partial charge in [0.1, 0.15) is 0 Å². The summed E-state index contributed by atoms with van der Waals surface area (Å²) < 4.78 is 5.44. The fraction of sp³-hybridized carbons (Fsp3) is 0.519. The molecule has 172 valence electrons. The van der Waals surface area contributed by atoms with Gasteiger partial charge < -0.3 is 15.0 Å². The average molecular weight is 436 g/mol. The molecule has 0 radical (unpaired) electrons. The third kappa shape index (κ3) is 6.89. The van der Waals surface area contributed by atoms with Gasteiger partial charge in [-0.05, 0) is 55.9 Å². The van der Waals surface area contributed by atoms with Crippen LogP contribution in [0.1, 0.15) is 42.9 Å². The number of benzene rings is 2. The van der Waals surface area contributed by atoms with Crippen LogP contribution in [0, 0.1) is 5.92 Å². The molecule has 2 aromatic carbocycles. The Labute approximate surface area is 192 Å². The summed E-state index contributed by atoms with van der Waals surface area (Å²) in [7, 11) is 0. The largest absolute Gasteiger partial charge is 0.379 e. The summed E-state index contributed by atoms with van der Waals surface area (Å²) in [6.45, 7) is 8.21. The smallest absolute Gasteiger partial charge is 0.222 e. The maximum absolute atomic E-state index is 12.8. The van der Waals surface area contributed by atoms with Crippen molar-refractivity contribution in [3.8, 4) is 0 Å². The lowest BCUT2D eigenvalue weighted by molar-refractivity contribution is -0.122. The summed E-state index contributed by atoms with van der Waals surface area (Å²) >= 11 is 0. The van der Waals surface area contributed by atoms with Crippen LogP contribution >= 0.6 is 0 Å². The predicted molar refractivity (Wildman–Crippen MR) is 129 cm³/mol. The highest BCUT2D eigenvalue weighted by atomic mass is 16.5. The van der Waals surface area contributed by atoms with Crippen molar-refractivity contribution < 1.29 is 9.53 Å². The molecule has 0 bridgehead atoms. The Kier molecular flexibility index (Phi) is 8.71. The second kappa shape index (κ2) is 12.1. The van der Waals surface area contributed by atoms with Crippen molar-refractivity contribution in [2.45, 2.75) is 31.7 Å². The van der Waals surface area contributed by atoms with E-state index < -0.39 is 0 Å². The first-order chi connectivity index (χ1) is 15.8. The van der Waals surface area contributed by atoms with Crippen LogP contribution in [0.3, 0.4) is 0 Å². The summed E-state index contributed by atoms with van der Waals surface area (Å²) in [6.07, 6.45) is 4.35. The normalized spacial score (nSPS) is 18.7. The number of nitrogens with zero attached hydrogens (tertiary/aromatic N) is 2. The molecule has 1 amide bonds. The zero-order valence-corrected chi connectivity index (χ0v) is 19.1. The molecule has 0 unspecified atom stereocenters. The maximum Gasteiger partial charge on any atom is 0.222 e. The van der Waals surface area contributed by atoms with Gasteiger partial charge in [0.05, 0.1) is 19.3 Å². The highest BCUT2D eigenvalue weighted by molar-refractivity contribution is 5.77. The number of carbonyl (C=O) groups excluding carboxylic acids is 1. The lowest BCUT2D eigenvalue weighted by atomic mass is 9.93. The van der Waals surface area contributed by atoms with E-state index in [1.54, 1.807) is 0 Å². The van der Waals surface area contributed by atoms with Gasteiger partial charge in [-0.25, -0.2) is 0 Å². The third-order valence-corrected chi connectivity index (χ3v) is 6.89. The molecule has 5 nitrogen and oxygen atoms in total. The Bertz CT molecular complexity index is 761. The number of morpholine rings is 1. The Morgan fingerprint density at radius 1 is 0.844 bits per heavy atom. The van der Waals surface area contributed by atoms with Crippen molar-refractivity contribution in [2.75, 3.05) is 52.5 Å². The van der Waals surface area contributed by atoms with Crippen LogP contribution in [0.2, 0.25) is 0 Å². The molecule has 2 heterocycles. The van der Waals surface area contributed by atoms with Crippen LogP contribution in [0.25, 0.3) is 0 Å². The third-order valence-electron chi connectivity index (χ3n) is 6.89. The van der Waals surface area contributed by atoms with E-state index in [4.69, 9.17) is 4.74 Å². The van der Waals surface area contributed by atoms with Gasteiger partial charge in [0.25, 0.3) is 0 Å². The number of nitrogens with one attached hydrogen (secondary N) is 1. The van der Waals surface area contributed by atoms with E-state index in [0.29, 0.717) is 6.42 Å². The molecule has 4 rings (SSSR count). The quantitative estimate of drug-likeness (QED) is 0.652. The summed E-state index contributed by atoms with van der Waals surface area (Å²) in [5, 5.41) is 3.27. The number of likely N-dealkylation sites (tertiary alicyclic amines) is 1. The summed E-state index contributed by atoms with van der Waals surface area (Å²) in [5.41, 5.74) is 2.24. The number of carbonyl (C=O) groups is 1. The van der Waals surface area contributed by atoms with Crippen molar-refractivity contribution in [3.63, 3.8) is 0 Å². The molecule has 32 heavy (non-hydrogen) atoms. The van der Waals surface area contributed by atoms with E-state index in [0.717, 1.165) is 63.0 Å². The van der Waals surface area contributed by atoms with Gasteiger partial charge in [0.2, 0.25) is 5.91 Å². The fourth-order valence-electron chi connectivity index (χ4n) is 4.83. The van der Waals surface area contributed by atoms with Crippen molar-refractivity contribution in [3.05, 3.63) is 71.8 Å². The topological polar surface area (TPSA) is 44.8 Å². The van der Waals surface area contributed by atoms with Gasteiger partial charge in [0.15, 0.2) is 0 Å². The van der Waals surface area contributed by atoms with Crippen LogP contribution < -0.4 is 5.32 Å². The monoisotopic (exact) mass is 435 g/mol. The van der Waals surface area contributed by atoms with Crippen LogP contribution in [-0.4, -0.2) is 68.2 Å². The molecule has 0 atom stereocenters. The first kappa shape index (κ1) is 23.0. The zero-order chi connectivity index (χ0) is 22.0. The van der Waals surface area contributed by atoms with Gasteiger partial charge in [-0.1, -0.05) is 60.7 Å². The Hall–Kier alpha value is -2.21. The minimum Gasteiger partial charge on any atom is -0.379 e. The number of hydrogen-bond donors (Lipinski definition) is 1. The first-order valence-electron chi connectivity index (χ1n) is 12.2. The van der Waals surface area contributed by atoms with Crippen molar-refractivity contribution in [1.29, 1.82) is 0 Å². The Morgan fingerprint density at radius 2 is 1.41 bits per heavy atom. The average Bonchev–Trinajstić information content (AvgIpc) is 2.87. The van der Waals surface area contributed by atoms with Crippen molar-refractivity contribution >= 4 is 5.91 Å². The molecule has 0 aliphatic carbocycles. The van der Waals surface area contributed by atoms with Gasteiger partial charge in [-0.2, -0.15) is 0 Å². The summed E-state index contributed by atoms with van der Waals surface area (Å²) in [5.74, 6) is 0.945. The number of ether oxygens (including phenoxy) is 1. The van der Waals surface area contributed by atoms with Gasteiger partial charge in [0, 0.05) is 26.1 Å². The lowest BCUT2D eigenvalue weighted by Crippen LogP contribution is -2.40. The fourth-order valence-corrected chi connectivity index (χ4v) is 4.83. The highest BCUT2D eigenvalue weighted by Crippen LogP contribution is 2.23. The number of amides is 1. The molecule has 2 aliphatic heterocycles. The lowest BCUT2D eigenvalue weighted by Gasteiger charge is -2.34. The molecule has 2 fully saturated rings. The zero-order valence-electron chi connectivity index (χ0n) is 19.1. The van der Waals surface area contributed by atoms with E-state index in [1.165, 1.54) is 25.8 Å². The molecule has 0 saturated carbocycles.